The Balaban J connectivity index is 1.61. The fourth-order valence-corrected chi connectivity index (χ4v) is 13.7. The molecular formula is C83H155NO13. The van der Waals surface area contributed by atoms with Gasteiger partial charge in [0.05, 0.1) is 32.0 Å². The van der Waals surface area contributed by atoms with E-state index in [1.165, 1.54) is 302 Å². The fourth-order valence-electron chi connectivity index (χ4n) is 13.7. The zero-order chi connectivity index (χ0) is 70.1. The molecule has 0 aromatic carbocycles. The molecule has 2 fully saturated rings. The molecule has 570 valence electrons. The van der Waals surface area contributed by atoms with Crippen molar-refractivity contribution in [3.05, 3.63) is 48.6 Å². The van der Waals surface area contributed by atoms with Crippen molar-refractivity contribution in [2.24, 2.45) is 0 Å². The average molecular weight is 1380 g/mol. The van der Waals surface area contributed by atoms with Crippen LogP contribution in [0.1, 0.15) is 380 Å². The molecule has 97 heavy (non-hydrogen) atoms. The number of ether oxygens (including phenoxy) is 4. The summed E-state index contributed by atoms with van der Waals surface area (Å²) in [5.41, 5.74) is 0. The summed E-state index contributed by atoms with van der Waals surface area (Å²) in [5.74, 6) is -0.234. The number of carbonyl (C=O) groups is 1. The second-order valence-corrected chi connectivity index (χ2v) is 29.3. The van der Waals surface area contributed by atoms with E-state index in [1.54, 1.807) is 6.08 Å². The smallest absolute Gasteiger partial charge is 0.220 e. The molecule has 2 rings (SSSR count). The number of hydrogen-bond donors (Lipinski definition) is 9. The standard InChI is InChI=1S/C83H155NO13/c1-3-5-7-9-11-13-15-17-19-21-23-25-27-29-31-33-35-37-38-40-42-44-46-48-50-52-54-56-58-60-62-64-66-72(87)71(70-94-82-80(93)78(91)81(74(69-86)96-82)97-83-79(92)77(90)76(89)73(68-85)95-83)84-75(88)67-65-63-61-59-57-55-53-51-49-47-45-43-41-39-36-34-32-30-28-26-24-22-20-18-16-14-12-10-8-6-4-2/h16,18,22,24,28,30,64,66,71-74,76-83,85-87,89-93H,3-15,17,19-21,23,25-27,29,31-63,65,67-70H2,1-2H3,(H,84,88)/b18-16-,24-22-,30-28-,66-64+. The summed E-state index contributed by atoms with van der Waals surface area (Å²) in [6.07, 6.45) is 73.4. The zero-order valence-corrected chi connectivity index (χ0v) is 62.6. The van der Waals surface area contributed by atoms with E-state index in [-0.39, 0.29) is 18.9 Å². The zero-order valence-electron chi connectivity index (χ0n) is 62.6. The van der Waals surface area contributed by atoms with Crippen LogP contribution in [0.3, 0.4) is 0 Å². The lowest BCUT2D eigenvalue weighted by atomic mass is 9.97. The van der Waals surface area contributed by atoms with Crippen LogP contribution in [0.5, 0.6) is 0 Å². The van der Waals surface area contributed by atoms with Gasteiger partial charge in [-0.15, -0.1) is 0 Å². The second-order valence-electron chi connectivity index (χ2n) is 29.3. The number of allylic oxidation sites excluding steroid dienone is 7. The second kappa shape index (κ2) is 67.1. The number of nitrogens with one attached hydrogen (secondary N) is 1. The Kier molecular flexibility index (Phi) is 63.0. The van der Waals surface area contributed by atoms with Crippen molar-refractivity contribution in [3.8, 4) is 0 Å². The molecule has 0 aliphatic carbocycles. The molecule has 0 bridgehead atoms. The minimum atomic E-state index is -1.79. The Labute approximate surface area is 594 Å². The van der Waals surface area contributed by atoms with E-state index in [9.17, 15) is 45.6 Å². The summed E-state index contributed by atoms with van der Waals surface area (Å²) in [4.78, 5) is 13.4. The maximum Gasteiger partial charge on any atom is 0.220 e. The number of hydrogen-bond acceptors (Lipinski definition) is 13. The lowest BCUT2D eigenvalue weighted by Gasteiger charge is -2.46. The van der Waals surface area contributed by atoms with Crippen LogP contribution in [0, 0.1) is 0 Å². The van der Waals surface area contributed by atoms with Crippen LogP contribution in [-0.4, -0.2) is 140 Å². The van der Waals surface area contributed by atoms with Gasteiger partial charge in [-0.2, -0.15) is 0 Å². The Morgan fingerprint density at radius 2 is 0.680 bits per heavy atom. The van der Waals surface area contributed by atoms with Crippen molar-refractivity contribution in [1.82, 2.24) is 5.32 Å². The first-order chi connectivity index (χ1) is 47.6. The molecule has 0 saturated carbocycles. The predicted octanol–water partition coefficient (Wildman–Crippen LogP) is 19.0. The van der Waals surface area contributed by atoms with Crippen molar-refractivity contribution in [1.29, 1.82) is 0 Å². The molecule has 1 amide bonds. The molecular weight excluding hydrogens is 1220 g/mol. The van der Waals surface area contributed by atoms with Crippen LogP contribution in [0.2, 0.25) is 0 Å². The van der Waals surface area contributed by atoms with Gasteiger partial charge in [-0.05, 0) is 57.8 Å². The van der Waals surface area contributed by atoms with Crippen LogP contribution in [-0.2, 0) is 23.7 Å². The fraction of sp³-hybridized carbons (Fsp3) is 0.892. The van der Waals surface area contributed by atoms with E-state index in [0.29, 0.717) is 6.42 Å². The molecule has 0 aromatic heterocycles. The highest BCUT2D eigenvalue weighted by Gasteiger charge is 2.51. The van der Waals surface area contributed by atoms with Gasteiger partial charge in [0.25, 0.3) is 0 Å². The summed E-state index contributed by atoms with van der Waals surface area (Å²) in [6.45, 7) is 2.85. The predicted molar refractivity (Wildman–Crippen MR) is 401 cm³/mol. The number of amides is 1. The van der Waals surface area contributed by atoms with E-state index in [0.717, 1.165) is 51.4 Å². The quantitative estimate of drug-likeness (QED) is 0.0204. The van der Waals surface area contributed by atoms with E-state index >= 15 is 0 Å². The van der Waals surface area contributed by atoms with Crippen molar-refractivity contribution < 1.29 is 64.6 Å². The van der Waals surface area contributed by atoms with Gasteiger partial charge < -0.3 is 65.1 Å². The van der Waals surface area contributed by atoms with Crippen molar-refractivity contribution in [2.75, 3.05) is 19.8 Å². The molecule has 0 spiro atoms. The van der Waals surface area contributed by atoms with Gasteiger partial charge in [0, 0.05) is 6.42 Å². The van der Waals surface area contributed by atoms with E-state index in [2.05, 4.69) is 55.6 Å². The topological polar surface area (TPSA) is 228 Å². The Morgan fingerprint density at radius 1 is 0.371 bits per heavy atom. The lowest BCUT2D eigenvalue weighted by molar-refractivity contribution is -0.359. The molecule has 0 aromatic rings. The number of aliphatic hydroxyl groups excluding tert-OH is 8. The third kappa shape index (κ3) is 50.1. The number of unbranched alkanes of at least 4 members (excludes halogenated alkanes) is 51. The maximum absolute atomic E-state index is 13.4. The van der Waals surface area contributed by atoms with Crippen LogP contribution >= 0.6 is 0 Å². The molecule has 14 nitrogen and oxygen atoms in total. The maximum atomic E-state index is 13.4. The largest absolute Gasteiger partial charge is 0.394 e. The van der Waals surface area contributed by atoms with Gasteiger partial charge in [0.15, 0.2) is 12.6 Å². The van der Waals surface area contributed by atoms with E-state index in [1.807, 2.05) is 6.08 Å². The monoisotopic (exact) mass is 1370 g/mol. The molecule has 12 atom stereocenters. The minimum absolute atomic E-state index is 0.234. The first-order valence-corrected chi connectivity index (χ1v) is 41.4. The van der Waals surface area contributed by atoms with Gasteiger partial charge in [-0.3, -0.25) is 4.79 Å². The Hall–Kier alpha value is -2.05. The number of aliphatic hydroxyl groups is 8. The number of rotatable bonds is 70. The summed E-state index contributed by atoms with van der Waals surface area (Å²) in [6, 6.07) is -0.918. The first kappa shape index (κ1) is 91.0. The van der Waals surface area contributed by atoms with Gasteiger partial charge in [-0.25, -0.2) is 0 Å². The Bertz CT molecular complexity index is 1810. The summed E-state index contributed by atoms with van der Waals surface area (Å²) < 4.78 is 22.9. The van der Waals surface area contributed by atoms with E-state index < -0.39 is 86.8 Å². The van der Waals surface area contributed by atoms with Crippen LogP contribution in [0.25, 0.3) is 0 Å². The normalized spacial score (nSPS) is 22.3. The number of carbonyl (C=O) groups excluding carboxylic acids is 1. The van der Waals surface area contributed by atoms with Gasteiger partial charge in [0.2, 0.25) is 5.91 Å². The minimum Gasteiger partial charge on any atom is -0.394 e. The summed E-state index contributed by atoms with van der Waals surface area (Å²) in [7, 11) is 0. The van der Waals surface area contributed by atoms with Crippen LogP contribution < -0.4 is 5.32 Å². The van der Waals surface area contributed by atoms with E-state index in [4.69, 9.17) is 18.9 Å². The average Bonchev–Trinajstić information content (AvgIpc) is 0.794. The Morgan fingerprint density at radius 3 is 1.04 bits per heavy atom. The van der Waals surface area contributed by atoms with Crippen molar-refractivity contribution in [3.63, 3.8) is 0 Å². The van der Waals surface area contributed by atoms with Gasteiger partial charge in [0.1, 0.15) is 48.8 Å². The molecule has 2 aliphatic heterocycles. The van der Waals surface area contributed by atoms with Gasteiger partial charge in [-0.1, -0.05) is 364 Å². The highest BCUT2D eigenvalue weighted by molar-refractivity contribution is 5.76. The third-order valence-electron chi connectivity index (χ3n) is 20.3. The molecule has 2 saturated heterocycles. The molecule has 9 N–H and O–H groups in total. The first-order valence-electron chi connectivity index (χ1n) is 41.4. The highest BCUT2D eigenvalue weighted by Crippen LogP contribution is 2.30. The molecule has 0 radical (unpaired) electrons. The molecule has 12 unspecified atom stereocenters. The molecule has 2 aliphatic rings. The lowest BCUT2D eigenvalue weighted by Crippen LogP contribution is -2.65. The van der Waals surface area contributed by atoms with Crippen LogP contribution in [0.15, 0.2) is 48.6 Å². The summed E-state index contributed by atoms with van der Waals surface area (Å²) in [5, 5.41) is 87.8. The molecule has 2 heterocycles. The molecule has 14 heteroatoms. The SMILES string of the molecule is CCCCCCC/C=C\C/C=C\C/C=C\CCCCCCCCCCCCCCCCCCC(=O)NC(COC1OC(CO)C(OC2OC(CO)C(O)C(O)C2O)C(O)C1O)C(O)/C=C/CCCCCCCCCCCCCCCCCCCCCCCCCCCCCCCC. The van der Waals surface area contributed by atoms with Crippen molar-refractivity contribution in [2.45, 2.75) is 453 Å². The highest BCUT2D eigenvalue weighted by atomic mass is 16.7. The third-order valence-corrected chi connectivity index (χ3v) is 20.3. The van der Waals surface area contributed by atoms with Crippen LogP contribution in [0.4, 0.5) is 0 Å². The van der Waals surface area contributed by atoms with Gasteiger partial charge >= 0.3 is 0 Å². The summed E-state index contributed by atoms with van der Waals surface area (Å²) >= 11 is 0. The van der Waals surface area contributed by atoms with Crippen molar-refractivity contribution >= 4 is 5.91 Å².